The number of H-pyrrole nitrogens is 1. The molecule has 0 aliphatic carbocycles. The van der Waals surface area contributed by atoms with Crippen molar-refractivity contribution >= 4 is 16.6 Å². The quantitative estimate of drug-likeness (QED) is 0.518. The highest BCUT2D eigenvalue weighted by Gasteiger charge is 2.28. The van der Waals surface area contributed by atoms with Crippen LogP contribution in [-0.2, 0) is 4.74 Å². The van der Waals surface area contributed by atoms with Gasteiger partial charge in [-0.2, -0.15) is 5.10 Å². The van der Waals surface area contributed by atoms with Crippen LogP contribution in [0, 0.1) is 6.92 Å². The van der Waals surface area contributed by atoms with Gasteiger partial charge in [-0.15, -0.1) is 0 Å². The molecule has 4 heterocycles. The number of nitrogens with zero attached hydrogens (tertiary/aromatic N) is 3. The van der Waals surface area contributed by atoms with E-state index in [-0.39, 0.29) is 11.6 Å². The SMILES string of the molecule is Cc1cc(-c2[nH]c3ccc(C4CNC(C)(C)CO4)cc3c2C(C)C)cn2ncnc12. The molecule has 5 rings (SSSR count). The molecule has 1 saturated heterocycles. The number of aromatic nitrogens is 4. The van der Waals surface area contributed by atoms with E-state index in [1.807, 2.05) is 4.52 Å². The number of aromatic amines is 1. The first-order valence-electron chi connectivity index (χ1n) is 10.6. The van der Waals surface area contributed by atoms with E-state index in [2.05, 4.69) is 85.5 Å². The lowest BCUT2D eigenvalue weighted by Gasteiger charge is -2.36. The lowest BCUT2D eigenvalue weighted by atomic mass is 9.94. The van der Waals surface area contributed by atoms with E-state index >= 15 is 0 Å². The molecule has 6 nitrogen and oxygen atoms in total. The van der Waals surface area contributed by atoms with Crippen molar-refractivity contribution < 1.29 is 4.74 Å². The first-order chi connectivity index (χ1) is 14.3. The van der Waals surface area contributed by atoms with Crippen molar-refractivity contribution in [3.63, 3.8) is 0 Å². The Bertz CT molecular complexity index is 1220. The second-order valence-electron chi connectivity index (χ2n) is 9.38. The summed E-state index contributed by atoms with van der Waals surface area (Å²) in [6.07, 6.45) is 3.74. The van der Waals surface area contributed by atoms with E-state index in [0.29, 0.717) is 12.5 Å². The zero-order valence-corrected chi connectivity index (χ0v) is 18.3. The van der Waals surface area contributed by atoms with Gasteiger partial charge in [0.15, 0.2) is 5.65 Å². The molecular formula is C24H29N5O. The zero-order valence-electron chi connectivity index (χ0n) is 18.3. The third kappa shape index (κ3) is 3.20. The summed E-state index contributed by atoms with van der Waals surface area (Å²) in [5, 5.41) is 9.21. The second kappa shape index (κ2) is 6.93. The maximum Gasteiger partial charge on any atom is 0.158 e. The number of hydrogen-bond donors (Lipinski definition) is 2. The topological polar surface area (TPSA) is 67.2 Å². The monoisotopic (exact) mass is 403 g/mol. The number of nitrogens with one attached hydrogen (secondary N) is 2. The van der Waals surface area contributed by atoms with Crippen molar-refractivity contribution in [2.45, 2.75) is 52.2 Å². The van der Waals surface area contributed by atoms with Crippen LogP contribution in [0.2, 0.25) is 0 Å². The predicted octanol–water partition coefficient (Wildman–Crippen LogP) is 4.75. The molecule has 2 N–H and O–H groups in total. The van der Waals surface area contributed by atoms with E-state index in [1.54, 1.807) is 6.33 Å². The number of morpholine rings is 1. The number of aryl methyl sites for hydroxylation is 1. The third-order valence-electron chi connectivity index (χ3n) is 6.07. The van der Waals surface area contributed by atoms with E-state index in [4.69, 9.17) is 4.74 Å². The number of benzene rings is 1. The first kappa shape index (κ1) is 19.3. The molecule has 0 radical (unpaired) electrons. The molecule has 1 aliphatic heterocycles. The zero-order chi connectivity index (χ0) is 21.0. The Morgan fingerprint density at radius 2 is 2.07 bits per heavy atom. The fourth-order valence-corrected chi connectivity index (χ4v) is 4.49. The van der Waals surface area contributed by atoms with Gasteiger partial charge in [-0.3, -0.25) is 0 Å². The van der Waals surface area contributed by atoms with Gasteiger partial charge in [0.1, 0.15) is 6.33 Å². The largest absolute Gasteiger partial charge is 0.370 e. The molecule has 0 bridgehead atoms. The van der Waals surface area contributed by atoms with Gasteiger partial charge >= 0.3 is 0 Å². The second-order valence-corrected chi connectivity index (χ2v) is 9.38. The molecular weight excluding hydrogens is 374 g/mol. The van der Waals surface area contributed by atoms with Gasteiger partial charge in [-0.25, -0.2) is 9.50 Å². The van der Waals surface area contributed by atoms with Gasteiger partial charge in [0.25, 0.3) is 0 Å². The van der Waals surface area contributed by atoms with Gasteiger partial charge in [0.2, 0.25) is 0 Å². The smallest absolute Gasteiger partial charge is 0.158 e. The summed E-state index contributed by atoms with van der Waals surface area (Å²) >= 11 is 0. The number of fused-ring (bicyclic) bond motifs is 2. The maximum atomic E-state index is 6.18. The lowest BCUT2D eigenvalue weighted by molar-refractivity contribution is -0.0228. The summed E-state index contributed by atoms with van der Waals surface area (Å²) in [4.78, 5) is 8.02. The van der Waals surface area contributed by atoms with Crippen molar-refractivity contribution in [1.29, 1.82) is 0 Å². The minimum Gasteiger partial charge on any atom is -0.370 e. The van der Waals surface area contributed by atoms with Crippen LogP contribution in [-0.4, -0.2) is 38.3 Å². The average Bonchev–Trinajstić information content (AvgIpc) is 3.32. The standard InChI is InChI=1S/C24H29N5O/c1-14(2)21-18-9-16(20-10-26-24(4,5)12-30-20)6-7-19(18)28-22(21)17-8-15(3)23-25-13-27-29(23)11-17/h6-9,11,13-14,20,26,28H,10,12H2,1-5H3. The maximum absolute atomic E-state index is 6.18. The summed E-state index contributed by atoms with van der Waals surface area (Å²) in [7, 11) is 0. The van der Waals surface area contributed by atoms with Crippen LogP contribution in [0.3, 0.4) is 0 Å². The Morgan fingerprint density at radius 3 is 2.80 bits per heavy atom. The minimum absolute atomic E-state index is 0.0306. The first-order valence-corrected chi connectivity index (χ1v) is 10.6. The normalized spacial score (nSPS) is 19.2. The Labute approximate surface area is 176 Å². The number of hydrogen-bond acceptors (Lipinski definition) is 4. The summed E-state index contributed by atoms with van der Waals surface area (Å²) in [6.45, 7) is 12.5. The van der Waals surface area contributed by atoms with Crippen molar-refractivity contribution in [3.05, 3.63) is 53.5 Å². The molecule has 30 heavy (non-hydrogen) atoms. The summed E-state index contributed by atoms with van der Waals surface area (Å²) < 4.78 is 8.04. The van der Waals surface area contributed by atoms with E-state index in [0.717, 1.165) is 34.5 Å². The Balaban J connectivity index is 1.62. The fraction of sp³-hybridized carbons (Fsp3) is 0.417. The minimum atomic E-state index is 0.0306. The summed E-state index contributed by atoms with van der Waals surface area (Å²) in [6, 6.07) is 8.86. The van der Waals surface area contributed by atoms with Crippen LogP contribution in [0.1, 0.15) is 56.4 Å². The highest BCUT2D eigenvalue weighted by atomic mass is 16.5. The molecule has 1 unspecified atom stereocenters. The number of pyridine rings is 1. The Morgan fingerprint density at radius 1 is 1.23 bits per heavy atom. The molecule has 156 valence electrons. The van der Waals surface area contributed by atoms with Gasteiger partial charge in [0.05, 0.1) is 18.4 Å². The van der Waals surface area contributed by atoms with Crippen molar-refractivity contribution in [3.8, 4) is 11.3 Å². The van der Waals surface area contributed by atoms with Crippen LogP contribution in [0.25, 0.3) is 27.8 Å². The number of rotatable bonds is 3. The van der Waals surface area contributed by atoms with Gasteiger partial charge < -0.3 is 15.0 Å². The molecule has 6 heteroatoms. The molecule has 0 spiro atoms. The van der Waals surface area contributed by atoms with Crippen LogP contribution >= 0.6 is 0 Å². The van der Waals surface area contributed by atoms with Crippen molar-refractivity contribution in [2.75, 3.05) is 13.2 Å². The van der Waals surface area contributed by atoms with E-state index < -0.39 is 0 Å². The molecule has 4 aromatic rings. The molecule has 1 fully saturated rings. The van der Waals surface area contributed by atoms with Crippen molar-refractivity contribution in [2.24, 2.45) is 0 Å². The summed E-state index contributed by atoms with van der Waals surface area (Å²) in [5.41, 5.74) is 8.03. The highest BCUT2D eigenvalue weighted by molar-refractivity contribution is 5.92. The van der Waals surface area contributed by atoms with Crippen LogP contribution in [0.15, 0.2) is 36.8 Å². The van der Waals surface area contributed by atoms with Gasteiger partial charge in [-0.1, -0.05) is 19.9 Å². The fourth-order valence-electron chi connectivity index (χ4n) is 4.49. The molecule has 1 aromatic carbocycles. The molecule has 1 atom stereocenters. The van der Waals surface area contributed by atoms with Crippen LogP contribution < -0.4 is 5.32 Å². The van der Waals surface area contributed by atoms with E-state index in [9.17, 15) is 0 Å². The third-order valence-corrected chi connectivity index (χ3v) is 6.07. The molecule has 0 amide bonds. The van der Waals surface area contributed by atoms with Crippen LogP contribution in [0.4, 0.5) is 0 Å². The van der Waals surface area contributed by atoms with E-state index in [1.165, 1.54) is 16.5 Å². The Hall–Kier alpha value is -2.70. The molecule has 1 aliphatic rings. The highest BCUT2D eigenvalue weighted by Crippen LogP contribution is 2.37. The summed E-state index contributed by atoms with van der Waals surface area (Å²) in [5.74, 6) is 0.375. The number of ether oxygens (including phenoxy) is 1. The van der Waals surface area contributed by atoms with Gasteiger partial charge in [0, 0.05) is 34.7 Å². The molecule has 0 saturated carbocycles. The average molecular weight is 404 g/mol. The van der Waals surface area contributed by atoms with Crippen molar-refractivity contribution in [1.82, 2.24) is 24.9 Å². The lowest BCUT2D eigenvalue weighted by Crippen LogP contribution is -2.50. The van der Waals surface area contributed by atoms with Crippen LogP contribution in [0.5, 0.6) is 0 Å². The Kier molecular flexibility index (Phi) is 4.45. The molecule has 3 aromatic heterocycles. The van der Waals surface area contributed by atoms with Gasteiger partial charge in [-0.05, 0) is 61.6 Å². The predicted molar refractivity (Wildman–Crippen MR) is 120 cm³/mol.